The fraction of sp³-hybridized carbons (Fsp3) is 1.00. The summed E-state index contributed by atoms with van der Waals surface area (Å²) in [7, 11) is -4.26. The number of quaternary nitrogens is 1. The summed E-state index contributed by atoms with van der Waals surface area (Å²) in [6.45, 7) is 2.97. The molecule has 0 aromatic rings. The first-order valence-electron chi connectivity index (χ1n) is 11.7. The number of ether oxygens (including phenoxy) is 2. The summed E-state index contributed by atoms with van der Waals surface area (Å²) in [6.07, 6.45) is 17.5. The van der Waals surface area contributed by atoms with E-state index in [0.717, 1.165) is 12.8 Å². The van der Waals surface area contributed by atoms with Gasteiger partial charge in [-0.15, -0.1) is 0 Å². The highest BCUT2D eigenvalue weighted by molar-refractivity contribution is 7.45. The molecule has 0 aromatic carbocycles. The van der Waals surface area contributed by atoms with Gasteiger partial charge in [0.1, 0.15) is 12.7 Å². The monoisotopic (exact) mass is 437 g/mol. The first-order chi connectivity index (χ1) is 14.1. The smallest absolute Gasteiger partial charge is 0.268 e. The van der Waals surface area contributed by atoms with E-state index in [4.69, 9.17) is 14.0 Å². The lowest BCUT2D eigenvalue weighted by Crippen LogP contribution is -2.52. The Hall–Kier alpha value is -0.0100. The van der Waals surface area contributed by atoms with Crippen LogP contribution >= 0.6 is 7.82 Å². The van der Waals surface area contributed by atoms with Crippen LogP contribution in [0.4, 0.5) is 0 Å². The SMILES string of the molecule is CCCCCCCCCCCCCCCC1OCC(COP(=O)([O-])OCC[NH3+])O1. The normalized spacial score (nSPS) is 21.5. The van der Waals surface area contributed by atoms with E-state index in [9.17, 15) is 9.46 Å². The van der Waals surface area contributed by atoms with Gasteiger partial charge in [0.15, 0.2) is 6.29 Å². The molecule has 1 rings (SSSR count). The number of phosphoric acid groups is 1. The minimum absolute atomic E-state index is 0.0322. The van der Waals surface area contributed by atoms with Gasteiger partial charge in [-0.1, -0.05) is 84.0 Å². The molecule has 0 saturated carbocycles. The van der Waals surface area contributed by atoms with Gasteiger partial charge in [0.25, 0.3) is 7.82 Å². The number of hydrogen-bond donors (Lipinski definition) is 1. The van der Waals surface area contributed by atoms with Crippen molar-refractivity contribution in [3.63, 3.8) is 0 Å². The van der Waals surface area contributed by atoms with Crippen molar-refractivity contribution in [1.29, 1.82) is 0 Å². The summed E-state index contributed by atoms with van der Waals surface area (Å²) in [4.78, 5) is 11.5. The molecule has 1 saturated heterocycles. The second-order valence-electron chi connectivity index (χ2n) is 7.98. The first-order valence-corrected chi connectivity index (χ1v) is 13.2. The van der Waals surface area contributed by atoms with E-state index in [-0.39, 0.29) is 25.6 Å². The minimum Gasteiger partial charge on any atom is -0.756 e. The van der Waals surface area contributed by atoms with Crippen molar-refractivity contribution in [2.45, 2.75) is 109 Å². The van der Waals surface area contributed by atoms with Crippen molar-refractivity contribution in [3.05, 3.63) is 0 Å². The third-order valence-corrected chi connectivity index (χ3v) is 6.13. The molecule has 0 aromatic heterocycles. The zero-order chi connectivity index (χ0) is 21.2. The highest BCUT2D eigenvalue weighted by Crippen LogP contribution is 2.38. The van der Waals surface area contributed by atoms with E-state index in [0.29, 0.717) is 13.2 Å². The maximum atomic E-state index is 11.5. The van der Waals surface area contributed by atoms with Gasteiger partial charge in [0.05, 0.1) is 19.8 Å². The van der Waals surface area contributed by atoms with Gasteiger partial charge in [-0.2, -0.15) is 0 Å². The largest absolute Gasteiger partial charge is 0.756 e. The van der Waals surface area contributed by atoms with Crippen LogP contribution in [0.25, 0.3) is 0 Å². The predicted molar refractivity (Wildman–Crippen MR) is 112 cm³/mol. The minimum atomic E-state index is -4.26. The Morgan fingerprint density at radius 2 is 1.48 bits per heavy atom. The molecule has 0 bridgehead atoms. The summed E-state index contributed by atoms with van der Waals surface area (Å²) < 4.78 is 32.2. The van der Waals surface area contributed by atoms with Crippen LogP contribution in [0.2, 0.25) is 0 Å². The molecule has 8 heteroatoms. The summed E-state index contributed by atoms with van der Waals surface area (Å²) in [5.74, 6) is 0. The number of rotatable bonds is 20. The van der Waals surface area contributed by atoms with Crippen LogP contribution in [-0.2, 0) is 23.1 Å². The molecule has 29 heavy (non-hydrogen) atoms. The molecule has 1 aliphatic heterocycles. The van der Waals surface area contributed by atoms with Crippen LogP contribution in [0.15, 0.2) is 0 Å². The van der Waals surface area contributed by atoms with E-state index >= 15 is 0 Å². The van der Waals surface area contributed by atoms with Crippen molar-refractivity contribution in [1.82, 2.24) is 0 Å². The summed E-state index contributed by atoms with van der Waals surface area (Å²) in [6, 6.07) is 0. The van der Waals surface area contributed by atoms with Gasteiger partial charge < -0.3 is 29.1 Å². The average Bonchev–Trinajstić information content (AvgIpc) is 3.16. The zero-order valence-electron chi connectivity index (χ0n) is 18.5. The van der Waals surface area contributed by atoms with Crippen LogP contribution in [-0.4, -0.2) is 38.8 Å². The van der Waals surface area contributed by atoms with E-state index < -0.39 is 7.82 Å². The topological polar surface area (TPSA) is 105 Å². The van der Waals surface area contributed by atoms with Crippen molar-refractivity contribution >= 4 is 7.82 Å². The van der Waals surface area contributed by atoms with Crippen LogP contribution in [0.1, 0.15) is 96.8 Å². The van der Waals surface area contributed by atoms with Crippen molar-refractivity contribution in [2.75, 3.05) is 26.4 Å². The Labute approximate surface area is 177 Å². The lowest BCUT2D eigenvalue weighted by molar-refractivity contribution is -0.373. The highest BCUT2D eigenvalue weighted by atomic mass is 31.2. The fourth-order valence-electron chi connectivity index (χ4n) is 3.46. The van der Waals surface area contributed by atoms with E-state index in [2.05, 4.69) is 17.2 Å². The van der Waals surface area contributed by atoms with Crippen LogP contribution in [0.3, 0.4) is 0 Å². The fourth-order valence-corrected chi connectivity index (χ4v) is 4.24. The van der Waals surface area contributed by atoms with Gasteiger partial charge in [0.2, 0.25) is 0 Å². The molecule has 3 N–H and O–H groups in total. The Morgan fingerprint density at radius 3 is 2.03 bits per heavy atom. The summed E-state index contributed by atoms with van der Waals surface area (Å²) >= 11 is 0. The van der Waals surface area contributed by atoms with Gasteiger partial charge in [-0.25, -0.2) is 0 Å². The first kappa shape index (κ1) is 27.0. The molecule has 174 valence electrons. The third-order valence-electron chi connectivity index (χ3n) is 5.17. The van der Waals surface area contributed by atoms with Crippen molar-refractivity contribution < 1.29 is 33.7 Å². The lowest BCUT2D eigenvalue weighted by atomic mass is 10.0. The number of phosphoric ester groups is 1. The van der Waals surface area contributed by atoms with Gasteiger partial charge in [0, 0.05) is 0 Å². The zero-order valence-corrected chi connectivity index (χ0v) is 19.4. The maximum Gasteiger partial charge on any atom is 0.268 e. The molecule has 0 radical (unpaired) electrons. The molecule has 3 unspecified atom stereocenters. The van der Waals surface area contributed by atoms with Crippen molar-refractivity contribution in [3.8, 4) is 0 Å². The number of hydrogen-bond acceptors (Lipinski definition) is 6. The van der Waals surface area contributed by atoms with E-state index in [1.807, 2.05) is 0 Å². The van der Waals surface area contributed by atoms with Gasteiger partial charge >= 0.3 is 0 Å². The average molecular weight is 438 g/mol. The Bertz CT molecular complexity index is 426. The maximum absolute atomic E-state index is 11.5. The van der Waals surface area contributed by atoms with Crippen LogP contribution in [0, 0.1) is 0 Å². The van der Waals surface area contributed by atoms with Crippen LogP contribution in [0.5, 0.6) is 0 Å². The summed E-state index contributed by atoms with van der Waals surface area (Å²) in [5, 5.41) is 0. The molecule has 3 atom stereocenters. The predicted octanol–water partition coefficient (Wildman–Crippen LogP) is 3.95. The second kappa shape index (κ2) is 17.6. The standard InChI is InChI=1S/C21H44NO6P/c1-2-3-4-5-6-7-8-9-10-11-12-13-14-15-21-25-18-20(28-21)19-27-29(23,24)26-17-16-22/h20-21H,2-19,22H2,1H3,(H,23,24). The number of unbranched alkanes of at least 4 members (excludes halogenated alkanes) is 12. The molecular formula is C21H44NO6P. The molecule has 1 fully saturated rings. The molecule has 1 heterocycles. The Kier molecular flexibility index (Phi) is 16.4. The van der Waals surface area contributed by atoms with Crippen molar-refractivity contribution in [2.24, 2.45) is 0 Å². The van der Waals surface area contributed by atoms with Crippen LogP contribution < -0.4 is 10.6 Å². The highest BCUT2D eigenvalue weighted by Gasteiger charge is 2.27. The van der Waals surface area contributed by atoms with Gasteiger partial charge in [-0.3, -0.25) is 4.57 Å². The van der Waals surface area contributed by atoms with E-state index in [1.165, 1.54) is 77.0 Å². The summed E-state index contributed by atoms with van der Waals surface area (Å²) in [5.41, 5.74) is 3.53. The Balaban J connectivity index is 1.88. The molecule has 1 aliphatic rings. The second-order valence-corrected chi connectivity index (χ2v) is 9.39. The molecular weight excluding hydrogens is 393 g/mol. The molecule has 7 nitrogen and oxygen atoms in total. The molecule has 0 aliphatic carbocycles. The third kappa shape index (κ3) is 15.4. The lowest BCUT2D eigenvalue weighted by Gasteiger charge is -2.23. The molecule has 0 spiro atoms. The van der Waals surface area contributed by atoms with E-state index in [1.54, 1.807) is 0 Å². The van der Waals surface area contributed by atoms with Gasteiger partial charge in [-0.05, 0) is 12.8 Å². The molecule has 0 amide bonds. The Morgan fingerprint density at radius 1 is 0.931 bits per heavy atom. The quantitative estimate of drug-likeness (QED) is 0.228.